The van der Waals surface area contributed by atoms with Crippen LogP contribution in [0.5, 0.6) is 0 Å². The van der Waals surface area contributed by atoms with Gasteiger partial charge in [-0.2, -0.15) is 0 Å². The van der Waals surface area contributed by atoms with Crippen LogP contribution in [0.4, 0.5) is 0 Å². The van der Waals surface area contributed by atoms with Crippen LogP contribution < -0.4 is 34.7 Å². The Morgan fingerprint density at radius 2 is 0.949 bits per heavy atom. The Hall–Kier alpha value is -4.64. The first kappa shape index (κ1) is 52.4. The van der Waals surface area contributed by atoms with Crippen LogP contribution in [0.3, 0.4) is 0 Å². The van der Waals surface area contributed by atoms with Crippen LogP contribution in [-0.4, -0.2) is 52.8 Å². The van der Waals surface area contributed by atoms with Crippen molar-refractivity contribution in [3.63, 3.8) is 0 Å². The monoisotopic (exact) mass is 818 g/mol. The summed E-state index contributed by atoms with van der Waals surface area (Å²) in [5.41, 5.74) is 5.97. The predicted octanol–water partition coefficient (Wildman–Crippen LogP) is 5.41. The van der Waals surface area contributed by atoms with E-state index in [0.29, 0.717) is 24.0 Å². The second-order valence-corrected chi connectivity index (χ2v) is 16.1. The van der Waals surface area contributed by atoms with Gasteiger partial charge in [0, 0.05) is 18.8 Å². The number of esters is 2. The van der Waals surface area contributed by atoms with Crippen LogP contribution in [-0.2, 0) is 38.2 Å². The molecule has 11 heteroatoms. The summed E-state index contributed by atoms with van der Waals surface area (Å²) < 4.78 is 10.7. The van der Waals surface area contributed by atoms with Gasteiger partial charge in [0.25, 0.3) is 0 Å². The molecule has 312 valence electrons. The molecule has 0 aromatic rings. The van der Waals surface area contributed by atoms with Crippen molar-refractivity contribution < 1.29 is 78.0 Å². The molecular formula is C48H59NaO10. The van der Waals surface area contributed by atoms with E-state index in [1.54, 1.807) is 13.8 Å². The molecule has 2 rings (SSSR count). The Morgan fingerprint density at radius 3 is 1.31 bits per heavy atom. The van der Waals surface area contributed by atoms with Gasteiger partial charge in [0.15, 0.2) is 23.8 Å². The number of carbonyl (C=O) groups is 6. The van der Waals surface area contributed by atoms with Crippen molar-refractivity contribution in [2.24, 2.45) is 10.8 Å². The molecule has 2 atom stereocenters. The Bertz CT molecular complexity index is 1830. The van der Waals surface area contributed by atoms with Gasteiger partial charge in [-0.1, -0.05) is 135 Å². The summed E-state index contributed by atoms with van der Waals surface area (Å²) in [4.78, 5) is 71.5. The first-order valence-electron chi connectivity index (χ1n) is 19.4. The van der Waals surface area contributed by atoms with E-state index in [1.807, 2.05) is 140 Å². The molecule has 0 aliphatic heterocycles. The van der Waals surface area contributed by atoms with E-state index in [4.69, 9.17) is 14.6 Å². The van der Waals surface area contributed by atoms with E-state index in [2.05, 4.69) is 0 Å². The van der Waals surface area contributed by atoms with Crippen molar-refractivity contribution in [2.75, 3.05) is 0 Å². The molecule has 0 unspecified atom stereocenters. The first-order valence-corrected chi connectivity index (χ1v) is 19.4. The fourth-order valence-electron chi connectivity index (χ4n) is 6.61. The number of allylic oxidation sites excluding steroid dienone is 20. The molecule has 10 nitrogen and oxygen atoms in total. The average molecular weight is 819 g/mol. The molecule has 1 N–H and O–H groups in total. The molecular weight excluding hydrogens is 760 g/mol. The standard InChI is InChI=1S/C48H60O10.Na/c1-31(17-13-19-33(3)21-23-37-35(5)45(55)39(29-47(37,7)8)57-43(53)27-25-41(49)50)15-11-12-16-32(2)18-14-20-34(4)22-24-38-36(6)46(56)40(30-48(38,9)10)58-44(54)28-26-42(51)52;/h11-24,39-40H,25-30H2,1-10H3,(H,49,50)(H,51,52);/q;+1/p-1/b12-11+,17-13+,18-14+,23-21+,24-22+,31-15+,32-16+,33-19+,34-20+;/t39-,40-;/m1./s1. The van der Waals surface area contributed by atoms with Gasteiger partial charge in [-0.25, -0.2) is 0 Å². The van der Waals surface area contributed by atoms with Gasteiger partial charge in [0.05, 0.1) is 19.3 Å². The van der Waals surface area contributed by atoms with E-state index in [1.165, 1.54) is 0 Å². The number of carbonyl (C=O) groups excluding carboxylic acids is 5. The normalized spacial score (nSPS) is 20.7. The second kappa shape index (κ2) is 24.4. The van der Waals surface area contributed by atoms with Gasteiger partial charge in [0.1, 0.15) is 0 Å². The number of ether oxygens (including phenoxy) is 2. The van der Waals surface area contributed by atoms with Crippen molar-refractivity contribution in [2.45, 2.75) is 120 Å². The molecule has 0 saturated heterocycles. The summed E-state index contributed by atoms with van der Waals surface area (Å²) in [5, 5.41) is 19.5. The van der Waals surface area contributed by atoms with Crippen LogP contribution in [0.25, 0.3) is 0 Å². The SMILES string of the molecule is CC1=C(/C=C/C(C)=C/C=C/C(C)=C/C=C/C=C(C)/C=C/C=C(C)/C=C/C2=C(C)C(=O)[C@H](OC(=O)CCC(=O)O)CC2(C)C)C(C)(C)C[C@@H](OC(=O)CCC(=O)[O-])C1=O.[Na+]. The minimum absolute atomic E-state index is 0. The molecule has 0 fully saturated rings. The van der Waals surface area contributed by atoms with Gasteiger partial charge in [-0.15, -0.1) is 0 Å². The maximum absolute atomic E-state index is 13.0. The van der Waals surface area contributed by atoms with Crippen molar-refractivity contribution >= 4 is 35.4 Å². The van der Waals surface area contributed by atoms with E-state index >= 15 is 0 Å². The third kappa shape index (κ3) is 18.0. The number of carboxylic acid groups (broad SMARTS) is 2. The predicted molar refractivity (Wildman–Crippen MR) is 224 cm³/mol. The molecule has 2 aliphatic rings. The summed E-state index contributed by atoms with van der Waals surface area (Å²) in [5.74, 6) is -4.40. The smallest absolute Gasteiger partial charge is 0.550 e. The van der Waals surface area contributed by atoms with Crippen LogP contribution in [0.1, 0.15) is 108 Å². The molecule has 2 aliphatic carbocycles. The molecule has 0 aromatic heterocycles. The van der Waals surface area contributed by atoms with Crippen molar-refractivity contribution in [1.82, 2.24) is 0 Å². The summed E-state index contributed by atoms with van der Waals surface area (Å²) in [6.07, 6.45) is 24.9. The maximum Gasteiger partial charge on any atom is 1.00 e. The number of Topliss-reactive ketones (excluding diaryl/α,β-unsaturated/α-hetero) is 2. The van der Waals surface area contributed by atoms with Gasteiger partial charge in [-0.3, -0.25) is 24.0 Å². The number of ketones is 2. The number of carboxylic acids is 2. The zero-order valence-corrected chi connectivity index (χ0v) is 38.6. The Morgan fingerprint density at radius 1 is 0.610 bits per heavy atom. The Kier molecular flexibility index (Phi) is 21.7. The molecule has 0 radical (unpaired) electrons. The Balaban J connectivity index is 0.0000174. The van der Waals surface area contributed by atoms with Crippen LogP contribution in [0.2, 0.25) is 0 Å². The third-order valence-electron chi connectivity index (χ3n) is 9.90. The van der Waals surface area contributed by atoms with E-state index in [9.17, 15) is 33.9 Å². The largest absolute Gasteiger partial charge is 1.00 e. The van der Waals surface area contributed by atoms with Crippen molar-refractivity contribution in [1.29, 1.82) is 0 Å². The molecule has 0 saturated carbocycles. The zero-order valence-electron chi connectivity index (χ0n) is 36.6. The zero-order chi connectivity index (χ0) is 43.8. The summed E-state index contributed by atoms with van der Waals surface area (Å²) in [7, 11) is 0. The fourth-order valence-corrected chi connectivity index (χ4v) is 6.61. The van der Waals surface area contributed by atoms with Crippen LogP contribution >= 0.6 is 0 Å². The van der Waals surface area contributed by atoms with Gasteiger partial charge in [0.2, 0.25) is 0 Å². The number of rotatable bonds is 18. The van der Waals surface area contributed by atoms with Crippen LogP contribution in [0.15, 0.2) is 130 Å². The molecule has 0 bridgehead atoms. The fraction of sp³-hybridized carbons (Fsp3) is 0.417. The maximum atomic E-state index is 13.0. The van der Waals surface area contributed by atoms with Gasteiger partial charge >= 0.3 is 47.5 Å². The molecule has 59 heavy (non-hydrogen) atoms. The average Bonchev–Trinajstić information content (AvgIpc) is 3.12. The van der Waals surface area contributed by atoms with Crippen molar-refractivity contribution in [3.05, 3.63) is 130 Å². The molecule has 0 heterocycles. The quantitative estimate of drug-likeness (QED) is 0.108. The topological polar surface area (TPSA) is 164 Å². The van der Waals surface area contributed by atoms with Gasteiger partial charge in [-0.05, 0) is 81.1 Å². The number of hydrogen-bond acceptors (Lipinski definition) is 9. The second-order valence-electron chi connectivity index (χ2n) is 16.1. The minimum atomic E-state index is -1.34. The molecule has 0 spiro atoms. The van der Waals surface area contributed by atoms with E-state index in [-0.39, 0.29) is 60.4 Å². The number of hydrogen-bond donors (Lipinski definition) is 1. The summed E-state index contributed by atoms with van der Waals surface area (Å²) in [6.45, 7) is 19.3. The minimum Gasteiger partial charge on any atom is -0.550 e. The summed E-state index contributed by atoms with van der Waals surface area (Å²) in [6, 6.07) is 0. The van der Waals surface area contributed by atoms with E-state index < -0.39 is 53.3 Å². The van der Waals surface area contributed by atoms with Gasteiger partial charge < -0.3 is 24.5 Å². The number of aliphatic carboxylic acids is 2. The molecule has 0 amide bonds. The third-order valence-corrected chi connectivity index (χ3v) is 9.90. The first-order chi connectivity index (χ1) is 27.0. The molecule has 0 aromatic carbocycles. The van der Waals surface area contributed by atoms with Crippen molar-refractivity contribution in [3.8, 4) is 0 Å². The van der Waals surface area contributed by atoms with E-state index in [0.717, 1.165) is 33.4 Å². The Labute approximate surface area is 371 Å². The van der Waals surface area contributed by atoms with Crippen LogP contribution in [0, 0.1) is 10.8 Å². The summed E-state index contributed by atoms with van der Waals surface area (Å²) >= 11 is 0.